The van der Waals surface area contributed by atoms with Crippen molar-refractivity contribution in [1.82, 2.24) is 4.98 Å². The summed E-state index contributed by atoms with van der Waals surface area (Å²) in [5.74, 6) is 0.480. The molecule has 3 aromatic rings. The lowest BCUT2D eigenvalue weighted by Crippen LogP contribution is -2.13. The van der Waals surface area contributed by atoms with E-state index in [1.54, 1.807) is 30.3 Å². The highest BCUT2D eigenvalue weighted by molar-refractivity contribution is 6.31. The number of halogens is 1. The fourth-order valence-electron chi connectivity index (χ4n) is 2.38. The van der Waals surface area contributed by atoms with Gasteiger partial charge in [0.1, 0.15) is 11.3 Å². The van der Waals surface area contributed by atoms with E-state index in [-0.39, 0.29) is 23.5 Å². The molecule has 1 amide bonds. The van der Waals surface area contributed by atoms with Crippen molar-refractivity contribution in [2.75, 3.05) is 5.32 Å². The number of nitrogens with one attached hydrogen (secondary N) is 1. The van der Waals surface area contributed by atoms with Crippen LogP contribution in [-0.4, -0.2) is 16.0 Å². The van der Waals surface area contributed by atoms with E-state index in [0.29, 0.717) is 33.8 Å². The molecule has 2 N–H and O–H groups in total. The summed E-state index contributed by atoms with van der Waals surface area (Å²) < 4.78 is 5.67. The number of rotatable bonds is 4. The average Bonchev–Trinajstić information content (AvgIpc) is 2.91. The van der Waals surface area contributed by atoms with Gasteiger partial charge in [0.15, 0.2) is 5.58 Å². The van der Waals surface area contributed by atoms with Crippen LogP contribution in [0.4, 0.5) is 5.69 Å². The Kier molecular flexibility index (Phi) is 4.44. The number of phenols is 1. The Bertz CT molecular complexity index is 902. The van der Waals surface area contributed by atoms with Crippen LogP contribution in [0.2, 0.25) is 5.02 Å². The van der Waals surface area contributed by atoms with E-state index in [2.05, 4.69) is 10.3 Å². The number of phenolic OH excluding ortho intramolecular Hbond substituents is 1. The molecule has 0 unspecified atom stereocenters. The number of hydrogen-bond donors (Lipinski definition) is 2. The average molecular weight is 345 g/mol. The molecule has 124 valence electrons. The number of aromatic hydroxyl groups is 1. The zero-order valence-electron chi connectivity index (χ0n) is 13.3. The van der Waals surface area contributed by atoms with E-state index < -0.39 is 0 Å². The van der Waals surface area contributed by atoms with Crippen molar-refractivity contribution in [2.45, 2.75) is 20.3 Å². The maximum atomic E-state index is 11.9. The van der Waals surface area contributed by atoms with Crippen molar-refractivity contribution in [3.05, 3.63) is 41.4 Å². The molecule has 1 aromatic heterocycles. The predicted molar refractivity (Wildman–Crippen MR) is 94.2 cm³/mol. The fourth-order valence-corrected chi connectivity index (χ4v) is 2.55. The third kappa shape index (κ3) is 3.51. The molecular weight excluding hydrogens is 328 g/mol. The van der Waals surface area contributed by atoms with Crippen molar-refractivity contribution in [1.29, 1.82) is 0 Å². The second kappa shape index (κ2) is 6.53. The van der Waals surface area contributed by atoms with Crippen LogP contribution < -0.4 is 5.32 Å². The van der Waals surface area contributed by atoms with Gasteiger partial charge in [-0.15, -0.1) is 0 Å². The standard InChI is InChI=1S/C18H17ClN2O3/c1-10(2)7-17(23)20-12-4-5-15(22)13(9-12)18-21-14-8-11(19)3-6-16(14)24-18/h3-6,8-10,22H,7H2,1-2H3,(H,20,23). The Labute approximate surface area is 144 Å². The summed E-state index contributed by atoms with van der Waals surface area (Å²) >= 11 is 5.95. The number of carbonyl (C=O) groups excluding carboxylic acids is 1. The Morgan fingerprint density at radius 3 is 2.83 bits per heavy atom. The summed E-state index contributed by atoms with van der Waals surface area (Å²) in [4.78, 5) is 16.3. The van der Waals surface area contributed by atoms with Gasteiger partial charge < -0.3 is 14.8 Å². The minimum atomic E-state index is -0.0778. The smallest absolute Gasteiger partial charge is 0.231 e. The number of amides is 1. The number of benzene rings is 2. The highest BCUT2D eigenvalue weighted by Gasteiger charge is 2.14. The van der Waals surface area contributed by atoms with Gasteiger partial charge in [-0.05, 0) is 42.3 Å². The summed E-state index contributed by atoms with van der Waals surface area (Å²) in [5.41, 5.74) is 2.16. The number of oxazole rings is 1. The molecule has 0 aliphatic carbocycles. The summed E-state index contributed by atoms with van der Waals surface area (Å²) in [6.45, 7) is 3.95. The van der Waals surface area contributed by atoms with Gasteiger partial charge in [0.25, 0.3) is 0 Å². The van der Waals surface area contributed by atoms with Crippen LogP contribution in [0, 0.1) is 5.92 Å². The van der Waals surface area contributed by atoms with Crippen LogP contribution in [0.3, 0.4) is 0 Å². The monoisotopic (exact) mass is 344 g/mol. The third-order valence-electron chi connectivity index (χ3n) is 3.45. The first-order chi connectivity index (χ1) is 11.4. The van der Waals surface area contributed by atoms with Gasteiger partial charge in [-0.1, -0.05) is 25.4 Å². The molecule has 0 atom stereocenters. The Morgan fingerprint density at radius 1 is 1.29 bits per heavy atom. The number of anilines is 1. The van der Waals surface area contributed by atoms with Gasteiger partial charge in [-0.2, -0.15) is 0 Å². The van der Waals surface area contributed by atoms with E-state index >= 15 is 0 Å². The lowest BCUT2D eigenvalue weighted by atomic mass is 10.1. The van der Waals surface area contributed by atoms with E-state index in [4.69, 9.17) is 16.0 Å². The molecule has 0 fully saturated rings. The lowest BCUT2D eigenvalue weighted by Gasteiger charge is -2.09. The Morgan fingerprint density at radius 2 is 2.08 bits per heavy atom. The topological polar surface area (TPSA) is 75.4 Å². The number of nitrogens with zero attached hydrogens (tertiary/aromatic N) is 1. The molecule has 3 rings (SSSR count). The molecular formula is C18H17ClN2O3. The molecule has 0 aliphatic rings. The first-order valence-corrected chi connectivity index (χ1v) is 7.99. The second-order valence-electron chi connectivity index (χ2n) is 6.01. The first-order valence-electron chi connectivity index (χ1n) is 7.61. The van der Waals surface area contributed by atoms with Gasteiger partial charge >= 0.3 is 0 Å². The van der Waals surface area contributed by atoms with Gasteiger partial charge in [-0.25, -0.2) is 4.98 Å². The van der Waals surface area contributed by atoms with Crippen molar-refractivity contribution < 1.29 is 14.3 Å². The molecule has 2 aromatic carbocycles. The van der Waals surface area contributed by atoms with Crippen molar-refractivity contribution in [2.24, 2.45) is 5.92 Å². The van der Waals surface area contributed by atoms with Crippen molar-refractivity contribution in [3.63, 3.8) is 0 Å². The Balaban J connectivity index is 1.94. The zero-order chi connectivity index (χ0) is 17.3. The van der Waals surface area contributed by atoms with Crippen LogP contribution in [0.25, 0.3) is 22.6 Å². The molecule has 0 saturated carbocycles. The molecule has 1 heterocycles. The second-order valence-corrected chi connectivity index (χ2v) is 6.45. The minimum Gasteiger partial charge on any atom is -0.507 e. The van der Waals surface area contributed by atoms with Gasteiger partial charge in [0, 0.05) is 17.1 Å². The minimum absolute atomic E-state index is 0.0227. The normalized spacial score (nSPS) is 11.2. The molecule has 0 spiro atoms. The van der Waals surface area contributed by atoms with E-state index in [1.165, 1.54) is 6.07 Å². The number of hydrogen-bond acceptors (Lipinski definition) is 4. The van der Waals surface area contributed by atoms with E-state index in [9.17, 15) is 9.90 Å². The summed E-state index contributed by atoms with van der Waals surface area (Å²) in [5, 5.41) is 13.5. The van der Waals surface area contributed by atoms with Gasteiger partial charge in [0.2, 0.25) is 11.8 Å². The first kappa shape index (κ1) is 16.3. The maximum Gasteiger partial charge on any atom is 0.231 e. The van der Waals surface area contributed by atoms with Crippen molar-refractivity contribution in [3.8, 4) is 17.2 Å². The summed E-state index contributed by atoms with van der Waals surface area (Å²) in [7, 11) is 0. The SMILES string of the molecule is CC(C)CC(=O)Nc1ccc(O)c(-c2nc3cc(Cl)ccc3o2)c1. The molecule has 6 heteroatoms. The molecule has 0 radical (unpaired) electrons. The fraction of sp³-hybridized carbons (Fsp3) is 0.222. The molecule has 24 heavy (non-hydrogen) atoms. The third-order valence-corrected chi connectivity index (χ3v) is 3.69. The molecule has 5 nitrogen and oxygen atoms in total. The number of fused-ring (bicyclic) bond motifs is 1. The summed E-state index contributed by atoms with van der Waals surface area (Å²) in [6.07, 6.45) is 0.428. The number of aromatic nitrogens is 1. The van der Waals surface area contributed by atoms with E-state index in [0.717, 1.165) is 0 Å². The zero-order valence-corrected chi connectivity index (χ0v) is 14.1. The van der Waals surface area contributed by atoms with Crippen LogP contribution in [0.1, 0.15) is 20.3 Å². The number of carbonyl (C=O) groups is 1. The lowest BCUT2D eigenvalue weighted by molar-refractivity contribution is -0.116. The van der Waals surface area contributed by atoms with Crippen molar-refractivity contribution >= 4 is 34.3 Å². The molecule has 0 bridgehead atoms. The van der Waals surface area contributed by atoms with Gasteiger partial charge in [-0.3, -0.25) is 4.79 Å². The summed E-state index contributed by atoms with van der Waals surface area (Å²) in [6, 6.07) is 9.90. The van der Waals surface area contributed by atoms with E-state index in [1.807, 2.05) is 13.8 Å². The highest BCUT2D eigenvalue weighted by atomic mass is 35.5. The highest BCUT2D eigenvalue weighted by Crippen LogP contribution is 2.33. The Hall–Kier alpha value is -2.53. The maximum absolute atomic E-state index is 11.9. The van der Waals surface area contributed by atoms with Crippen LogP contribution in [0.15, 0.2) is 40.8 Å². The quantitative estimate of drug-likeness (QED) is 0.664. The van der Waals surface area contributed by atoms with Crippen LogP contribution in [0.5, 0.6) is 5.75 Å². The molecule has 0 aliphatic heterocycles. The van der Waals surface area contributed by atoms with Crippen LogP contribution >= 0.6 is 11.6 Å². The van der Waals surface area contributed by atoms with Gasteiger partial charge in [0.05, 0.1) is 5.56 Å². The molecule has 0 saturated heterocycles. The largest absolute Gasteiger partial charge is 0.507 e. The van der Waals surface area contributed by atoms with Crippen LogP contribution in [-0.2, 0) is 4.79 Å². The predicted octanol–water partition coefficient (Wildman–Crippen LogP) is 4.84.